The number of para-hydroxylation sites is 1. The molecule has 0 bridgehead atoms. The van der Waals surface area contributed by atoms with E-state index < -0.39 is 5.97 Å². The molecular formula is C22H25NO5. The van der Waals surface area contributed by atoms with Crippen LogP contribution in [0.2, 0.25) is 0 Å². The van der Waals surface area contributed by atoms with Gasteiger partial charge in [0.2, 0.25) is 0 Å². The van der Waals surface area contributed by atoms with Gasteiger partial charge < -0.3 is 19.5 Å². The Kier molecular flexibility index (Phi) is 6.31. The lowest BCUT2D eigenvalue weighted by Gasteiger charge is -2.32. The maximum atomic E-state index is 12.8. The van der Waals surface area contributed by atoms with Crippen LogP contribution in [0, 0.1) is 6.92 Å². The Labute approximate surface area is 164 Å². The molecule has 6 heteroatoms. The van der Waals surface area contributed by atoms with Crippen LogP contribution in [-0.2, 0) is 11.3 Å². The first kappa shape index (κ1) is 19.9. The first-order chi connectivity index (χ1) is 13.5. The number of carbonyl (C=O) groups excluding carboxylic acids is 1. The van der Waals surface area contributed by atoms with E-state index in [1.807, 2.05) is 24.3 Å². The number of carboxylic acids is 1. The summed E-state index contributed by atoms with van der Waals surface area (Å²) in [6.07, 6.45) is 1.58. The lowest BCUT2D eigenvalue weighted by molar-refractivity contribution is -0.000964. The van der Waals surface area contributed by atoms with E-state index in [2.05, 4.69) is 0 Å². The van der Waals surface area contributed by atoms with Crippen molar-refractivity contribution in [3.8, 4) is 5.75 Å². The van der Waals surface area contributed by atoms with Gasteiger partial charge in [-0.05, 0) is 49.6 Å². The molecule has 1 fully saturated rings. The molecule has 2 aromatic rings. The molecule has 0 radical (unpaired) electrons. The zero-order chi connectivity index (χ0) is 20.1. The number of aryl methyl sites for hydroxylation is 1. The molecular weight excluding hydrogens is 358 g/mol. The smallest absolute Gasteiger partial charge is 0.335 e. The first-order valence-corrected chi connectivity index (χ1v) is 9.35. The van der Waals surface area contributed by atoms with E-state index in [1.165, 1.54) is 6.07 Å². The van der Waals surface area contributed by atoms with Gasteiger partial charge in [0.05, 0.1) is 25.4 Å². The molecule has 0 aliphatic carbocycles. The molecule has 1 saturated heterocycles. The number of hydrogen-bond acceptors (Lipinski definition) is 4. The lowest BCUT2D eigenvalue weighted by Crippen LogP contribution is -2.41. The van der Waals surface area contributed by atoms with Gasteiger partial charge in [-0.1, -0.05) is 18.2 Å². The minimum absolute atomic E-state index is 0.0843. The summed E-state index contributed by atoms with van der Waals surface area (Å²) >= 11 is 0. The third-order valence-corrected chi connectivity index (χ3v) is 4.97. The lowest BCUT2D eigenvalue weighted by atomic mass is 10.0. The number of aromatic carboxylic acids is 1. The summed E-state index contributed by atoms with van der Waals surface area (Å²) in [4.78, 5) is 25.8. The Hall–Kier alpha value is -2.86. The second-order valence-corrected chi connectivity index (χ2v) is 7.01. The van der Waals surface area contributed by atoms with E-state index in [1.54, 1.807) is 31.1 Å². The third kappa shape index (κ3) is 4.70. The van der Waals surface area contributed by atoms with Crippen LogP contribution in [0.25, 0.3) is 0 Å². The number of likely N-dealkylation sites (tertiary alicyclic amines) is 1. The molecule has 1 amide bonds. The van der Waals surface area contributed by atoms with Gasteiger partial charge in [-0.2, -0.15) is 0 Å². The molecule has 1 heterocycles. The van der Waals surface area contributed by atoms with Gasteiger partial charge in [-0.25, -0.2) is 4.79 Å². The maximum Gasteiger partial charge on any atom is 0.335 e. The van der Waals surface area contributed by atoms with Crippen LogP contribution in [0.3, 0.4) is 0 Å². The van der Waals surface area contributed by atoms with Crippen molar-refractivity contribution in [3.63, 3.8) is 0 Å². The number of amides is 1. The summed E-state index contributed by atoms with van der Waals surface area (Å²) in [6, 6.07) is 12.5. The molecule has 1 aliphatic rings. The maximum absolute atomic E-state index is 12.8. The Morgan fingerprint density at radius 2 is 1.79 bits per heavy atom. The standard InChI is InChI=1S/C22H25NO5/c1-15-11-17(13-18(12-15)22(25)26)21(24)23-9-7-19(8-10-23)28-14-16-5-3-4-6-20(16)27-2/h3-6,11-13,19H,7-10,14H2,1-2H3,(H,25,26). The van der Waals surface area contributed by atoms with Crippen molar-refractivity contribution in [2.24, 2.45) is 0 Å². The van der Waals surface area contributed by atoms with E-state index in [0.29, 0.717) is 25.3 Å². The summed E-state index contributed by atoms with van der Waals surface area (Å²) in [7, 11) is 1.64. The van der Waals surface area contributed by atoms with E-state index in [0.717, 1.165) is 29.7 Å². The molecule has 1 aliphatic heterocycles. The van der Waals surface area contributed by atoms with Crippen molar-refractivity contribution in [2.75, 3.05) is 20.2 Å². The number of piperidine rings is 1. The Balaban J connectivity index is 1.56. The van der Waals surface area contributed by atoms with Gasteiger partial charge in [0.1, 0.15) is 5.75 Å². The number of hydrogen-bond donors (Lipinski definition) is 1. The summed E-state index contributed by atoms with van der Waals surface area (Å²) in [5.41, 5.74) is 2.33. The van der Waals surface area contributed by atoms with Crippen molar-refractivity contribution in [2.45, 2.75) is 32.5 Å². The highest BCUT2D eigenvalue weighted by Gasteiger charge is 2.25. The zero-order valence-electron chi connectivity index (χ0n) is 16.2. The molecule has 0 unspecified atom stereocenters. The van der Waals surface area contributed by atoms with Crippen LogP contribution in [0.4, 0.5) is 0 Å². The monoisotopic (exact) mass is 383 g/mol. The largest absolute Gasteiger partial charge is 0.496 e. The van der Waals surface area contributed by atoms with Gasteiger partial charge in [0, 0.05) is 24.2 Å². The molecule has 1 N–H and O–H groups in total. The molecule has 2 aromatic carbocycles. The van der Waals surface area contributed by atoms with Crippen molar-refractivity contribution < 1.29 is 24.2 Å². The molecule has 0 atom stereocenters. The van der Waals surface area contributed by atoms with Gasteiger partial charge in [0.25, 0.3) is 5.91 Å². The second-order valence-electron chi connectivity index (χ2n) is 7.01. The van der Waals surface area contributed by atoms with E-state index in [-0.39, 0.29) is 17.6 Å². The summed E-state index contributed by atoms with van der Waals surface area (Å²) in [6.45, 7) is 3.45. The van der Waals surface area contributed by atoms with Crippen molar-refractivity contribution in [1.29, 1.82) is 0 Å². The highest BCUT2D eigenvalue weighted by Crippen LogP contribution is 2.22. The number of rotatable bonds is 6. The normalized spacial score (nSPS) is 14.7. The Morgan fingerprint density at radius 1 is 1.11 bits per heavy atom. The van der Waals surface area contributed by atoms with Gasteiger partial charge in [-0.3, -0.25) is 4.79 Å². The first-order valence-electron chi connectivity index (χ1n) is 9.35. The van der Waals surface area contributed by atoms with E-state index in [9.17, 15) is 14.7 Å². The van der Waals surface area contributed by atoms with Crippen LogP contribution in [0.1, 0.15) is 44.7 Å². The molecule has 148 valence electrons. The van der Waals surface area contributed by atoms with E-state index in [4.69, 9.17) is 9.47 Å². The zero-order valence-corrected chi connectivity index (χ0v) is 16.2. The third-order valence-electron chi connectivity index (χ3n) is 4.97. The predicted molar refractivity (Wildman–Crippen MR) is 105 cm³/mol. The average Bonchev–Trinajstić information content (AvgIpc) is 2.71. The van der Waals surface area contributed by atoms with Crippen molar-refractivity contribution in [1.82, 2.24) is 4.90 Å². The molecule has 28 heavy (non-hydrogen) atoms. The van der Waals surface area contributed by atoms with Gasteiger partial charge in [0.15, 0.2) is 0 Å². The number of benzene rings is 2. The Bertz CT molecular complexity index is 856. The summed E-state index contributed by atoms with van der Waals surface area (Å²) in [5.74, 6) is -0.348. The number of ether oxygens (including phenoxy) is 2. The van der Waals surface area contributed by atoms with Crippen LogP contribution in [0.15, 0.2) is 42.5 Å². The fraction of sp³-hybridized carbons (Fsp3) is 0.364. The molecule has 6 nitrogen and oxygen atoms in total. The highest BCUT2D eigenvalue weighted by molar-refractivity contribution is 5.97. The fourth-order valence-corrected chi connectivity index (χ4v) is 3.47. The van der Waals surface area contributed by atoms with Crippen LogP contribution >= 0.6 is 0 Å². The van der Waals surface area contributed by atoms with Gasteiger partial charge >= 0.3 is 5.97 Å². The summed E-state index contributed by atoms with van der Waals surface area (Å²) < 4.78 is 11.4. The van der Waals surface area contributed by atoms with E-state index >= 15 is 0 Å². The number of nitrogens with zero attached hydrogens (tertiary/aromatic N) is 1. The second kappa shape index (κ2) is 8.89. The molecule has 3 rings (SSSR count). The molecule has 0 spiro atoms. The summed E-state index contributed by atoms with van der Waals surface area (Å²) in [5, 5.41) is 9.20. The van der Waals surface area contributed by atoms with Crippen LogP contribution in [0.5, 0.6) is 5.75 Å². The minimum atomic E-state index is -1.03. The van der Waals surface area contributed by atoms with Crippen molar-refractivity contribution in [3.05, 3.63) is 64.7 Å². The number of carbonyl (C=O) groups is 2. The quantitative estimate of drug-likeness (QED) is 0.826. The molecule has 0 aromatic heterocycles. The molecule has 0 saturated carbocycles. The fourth-order valence-electron chi connectivity index (χ4n) is 3.47. The van der Waals surface area contributed by atoms with Crippen LogP contribution < -0.4 is 4.74 Å². The minimum Gasteiger partial charge on any atom is -0.496 e. The topological polar surface area (TPSA) is 76.1 Å². The van der Waals surface area contributed by atoms with Crippen molar-refractivity contribution >= 4 is 11.9 Å². The number of carboxylic acid groups (broad SMARTS) is 1. The predicted octanol–water partition coefficient (Wildman–Crippen LogP) is 3.52. The Morgan fingerprint density at radius 3 is 2.46 bits per heavy atom. The van der Waals surface area contributed by atoms with Crippen LogP contribution in [-0.4, -0.2) is 48.2 Å². The SMILES string of the molecule is COc1ccccc1COC1CCN(C(=O)c2cc(C)cc(C(=O)O)c2)CC1. The van der Waals surface area contributed by atoms with Gasteiger partial charge in [-0.15, -0.1) is 0 Å². The number of methoxy groups -OCH3 is 1. The average molecular weight is 383 g/mol. The highest BCUT2D eigenvalue weighted by atomic mass is 16.5.